The molecule has 2 aromatic carbocycles. The van der Waals surface area contributed by atoms with Gasteiger partial charge in [0.2, 0.25) is 18.0 Å². The van der Waals surface area contributed by atoms with E-state index in [1.165, 1.54) is 29.2 Å². The van der Waals surface area contributed by atoms with Crippen LogP contribution in [0.5, 0.6) is 0 Å². The second-order valence-corrected chi connectivity index (χ2v) is 8.18. The molecule has 0 fully saturated rings. The average Bonchev–Trinajstić information content (AvgIpc) is 3.59. The number of nitrogens with one attached hydrogen (secondary N) is 1. The van der Waals surface area contributed by atoms with Gasteiger partial charge in [0.05, 0.1) is 17.5 Å². The molecule has 0 spiro atoms. The highest BCUT2D eigenvalue weighted by molar-refractivity contribution is 6.15. The van der Waals surface area contributed by atoms with Gasteiger partial charge in [-0.3, -0.25) is 24.7 Å². The molecular formula is C25H20N4O6. The van der Waals surface area contributed by atoms with Gasteiger partial charge in [-0.15, -0.1) is 0 Å². The van der Waals surface area contributed by atoms with Crippen molar-refractivity contribution in [3.8, 4) is 0 Å². The smallest absolute Gasteiger partial charge is 0.269 e. The van der Waals surface area contributed by atoms with Crippen LogP contribution in [0.2, 0.25) is 0 Å². The second kappa shape index (κ2) is 8.90. The Kier molecular flexibility index (Phi) is 5.61. The summed E-state index contributed by atoms with van der Waals surface area (Å²) >= 11 is 0. The van der Waals surface area contributed by atoms with Gasteiger partial charge in [0, 0.05) is 36.1 Å². The number of nitrogens with zero attached hydrogens (tertiary/aromatic N) is 3. The number of Topliss-reactive ketones (excluding diaryl/α,β-unsaturated/α-hetero) is 1. The summed E-state index contributed by atoms with van der Waals surface area (Å²) in [7, 11) is 0. The summed E-state index contributed by atoms with van der Waals surface area (Å²) in [6.07, 6.45) is 5.85. The van der Waals surface area contributed by atoms with E-state index in [-0.39, 0.29) is 23.6 Å². The van der Waals surface area contributed by atoms with Gasteiger partial charge in [-0.2, -0.15) is 0 Å². The van der Waals surface area contributed by atoms with Crippen LogP contribution in [0.25, 0.3) is 11.0 Å². The third kappa shape index (κ3) is 4.05. The SMILES string of the molecule is O=C(C1=C([O-])C(=O)N(CCC[n+]2cc[nH]c2)C1c1cccc([N+](=O)[O-])c1)c1cc2ccccc2o1. The molecule has 10 heteroatoms. The van der Waals surface area contributed by atoms with Crippen LogP contribution in [0.1, 0.15) is 28.6 Å². The number of para-hydroxylation sites is 1. The van der Waals surface area contributed by atoms with Crippen LogP contribution in [-0.2, 0) is 11.3 Å². The van der Waals surface area contributed by atoms with Crippen LogP contribution in [0.3, 0.4) is 0 Å². The second-order valence-electron chi connectivity index (χ2n) is 8.18. The lowest BCUT2D eigenvalue weighted by molar-refractivity contribution is -0.695. The molecule has 1 aliphatic heterocycles. The topological polar surface area (TPSA) is 136 Å². The number of H-pyrrole nitrogens is 1. The highest BCUT2D eigenvalue weighted by Crippen LogP contribution is 2.39. The number of amides is 1. The molecule has 2 aromatic heterocycles. The Balaban J connectivity index is 1.53. The van der Waals surface area contributed by atoms with Crippen LogP contribution < -0.4 is 9.67 Å². The molecule has 4 aromatic rings. The number of imidazole rings is 1. The van der Waals surface area contributed by atoms with Crippen molar-refractivity contribution in [2.24, 2.45) is 0 Å². The number of aromatic amines is 1. The fourth-order valence-corrected chi connectivity index (χ4v) is 4.37. The van der Waals surface area contributed by atoms with Crippen LogP contribution in [0.15, 0.2) is 89.1 Å². The molecule has 176 valence electrons. The number of carbonyl (C=O) groups excluding carboxylic acids is 2. The maximum atomic E-state index is 13.5. The molecule has 0 saturated heterocycles. The number of nitro benzene ring substituents is 1. The van der Waals surface area contributed by atoms with E-state index in [4.69, 9.17) is 4.42 Å². The first kappa shape index (κ1) is 22.1. The monoisotopic (exact) mass is 472 g/mol. The number of rotatable bonds is 8. The van der Waals surface area contributed by atoms with Gasteiger partial charge in [0.25, 0.3) is 5.69 Å². The molecule has 3 heterocycles. The molecule has 1 amide bonds. The highest BCUT2D eigenvalue weighted by Gasteiger charge is 2.40. The number of hydrogen-bond acceptors (Lipinski definition) is 6. The maximum Gasteiger partial charge on any atom is 0.269 e. The van der Waals surface area contributed by atoms with Crippen molar-refractivity contribution in [1.29, 1.82) is 0 Å². The zero-order valence-corrected chi connectivity index (χ0v) is 18.4. The molecule has 0 aliphatic carbocycles. The standard InChI is InChI=1S/C25H20N4O6/c30-23(20-14-16-5-1-2-8-19(16)35-20)21-22(17-6-3-7-18(13-17)29(33)34)28(25(32)24(21)31)11-4-10-27-12-9-26-15-27/h1-3,5-9,12-15,22H,4,10-11H2,(H,30,31). The first-order valence-electron chi connectivity index (χ1n) is 11.0. The molecule has 0 saturated carbocycles. The molecule has 1 N–H and O–H groups in total. The van der Waals surface area contributed by atoms with Gasteiger partial charge in [0.15, 0.2) is 5.76 Å². The predicted octanol–water partition coefficient (Wildman–Crippen LogP) is 2.43. The minimum Gasteiger partial charge on any atom is -0.868 e. The lowest BCUT2D eigenvalue weighted by Crippen LogP contribution is -2.37. The van der Waals surface area contributed by atoms with Crippen molar-refractivity contribution in [2.45, 2.75) is 19.0 Å². The lowest BCUT2D eigenvalue weighted by atomic mass is 9.94. The van der Waals surface area contributed by atoms with Gasteiger partial charge >= 0.3 is 0 Å². The van der Waals surface area contributed by atoms with Crippen LogP contribution in [0.4, 0.5) is 5.69 Å². The fraction of sp³-hybridized carbons (Fsp3) is 0.160. The Morgan fingerprint density at radius 1 is 1.17 bits per heavy atom. The largest absolute Gasteiger partial charge is 0.868 e. The van der Waals surface area contributed by atoms with Crippen molar-refractivity contribution >= 4 is 28.3 Å². The van der Waals surface area contributed by atoms with E-state index in [0.717, 1.165) is 0 Å². The van der Waals surface area contributed by atoms with Gasteiger partial charge < -0.3 is 14.4 Å². The number of benzene rings is 2. The summed E-state index contributed by atoms with van der Waals surface area (Å²) < 4.78 is 7.55. The van der Waals surface area contributed by atoms with Gasteiger partial charge in [0.1, 0.15) is 18.0 Å². The summed E-state index contributed by atoms with van der Waals surface area (Å²) in [6.45, 7) is 0.739. The summed E-state index contributed by atoms with van der Waals surface area (Å²) in [5.74, 6) is -2.53. The van der Waals surface area contributed by atoms with Gasteiger partial charge in [-0.1, -0.05) is 30.3 Å². The molecule has 1 atom stereocenters. The van der Waals surface area contributed by atoms with E-state index in [9.17, 15) is 24.8 Å². The van der Waals surface area contributed by atoms with E-state index in [0.29, 0.717) is 29.5 Å². The Bertz CT molecular complexity index is 1440. The predicted molar refractivity (Wildman–Crippen MR) is 121 cm³/mol. The van der Waals surface area contributed by atoms with E-state index in [1.807, 2.05) is 10.8 Å². The number of hydrogen-bond donors (Lipinski definition) is 1. The Hall–Kier alpha value is -4.73. The summed E-state index contributed by atoms with van der Waals surface area (Å²) in [4.78, 5) is 41.6. The number of ketones is 1. The summed E-state index contributed by atoms with van der Waals surface area (Å²) in [5, 5.41) is 25.2. The first-order valence-corrected chi connectivity index (χ1v) is 11.0. The molecule has 35 heavy (non-hydrogen) atoms. The molecule has 0 radical (unpaired) electrons. The minimum atomic E-state index is -1.06. The number of aryl methyl sites for hydroxylation is 1. The quantitative estimate of drug-likeness (QED) is 0.181. The van der Waals surface area contributed by atoms with Crippen LogP contribution in [0, 0.1) is 10.1 Å². The third-order valence-electron chi connectivity index (χ3n) is 5.99. The van der Waals surface area contributed by atoms with Crippen molar-refractivity contribution in [3.63, 3.8) is 0 Å². The maximum absolute atomic E-state index is 13.5. The van der Waals surface area contributed by atoms with Crippen molar-refractivity contribution in [2.75, 3.05) is 6.54 Å². The number of furan rings is 1. The highest BCUT2D eigenvalue weighted by atomic mass is 16.6. The zero-order chi connectivity index (χ0) is 24.5. The normalized spacial score (nSPS) is 15.8. The Morgan fingerprint density at radius 2 is 2.00 bits per heavy atom. The van der Waals surface area contributed by atoms with Crippen molar-refractivity contribution in [1.82, 2.24) is 9.88 Å². The zero-order valence-electron chi connectivity index (χ0n) is 18.4. The Labute approximate surface area is 198 Å². The third-order valence-corrected chi connectivity index (χ3v) is 5.99. The lowest BCUT2D eigenvalue weighted by Gasteiger charge is -2.27. The van der Waals surface area contributed by atoms with E-state index in [2.05, 4.69) is 4.98 Å². The molecule has 1 unspecified atom stereocenters. The Morgan fingerprint density at radius 3 is 2.74 bits per heavy atom. The fourth-order valence-electron chi connectivity index (χ4n) is 4.37. The number of non-ortho nitro benzene ring substituents is 1. The van der Waals surface area contributed by atoms with Gasteiger partial charge in [-0.05, 0) is 23.5 Å². The number of fused-ring (bicyclic) bond motifs is 1. The van der Waals surface area contributed by atoms with E-state index < -0.39 is 28.4 Å². The average molecular weight is 472 g/mol. The van der Waals surface area contributed by atoms with Crippen LogP contribution in [-0.4, -0.2) is 33.0 Å². The summed E-state index contributed by atoms with van der Waals surface area (Å²) in [6, 6.07) is 13.1. The van der Waals surface area contributed by atoms with Crippen molar-refractivity contribution in [3.05, 3.63) is 106 Å². The number of carbonyl (C=O) groups is 2. The summed E-state index contributed by atoms with van der Waals surface area (Å²) in [5.41, 5.74) is 0.309. The molecule has 10 nitrogen and oxygen atoms in total. The molecule has 1 aliphatic rings. The van der Waals surface area contributed by atoms with Crippen LogP contribution >= 0.6 is 0 Å². The minimum absolute atomic E-state index is 0.0671. The van der Waals surface area contributed by atoms with E-state index >= 15 is 0 Å². The molecule has 0 bridgehead atoms. The van der Waals surface area contributed by atoms with E-state index in [1.54, 1.807) is 42.9 Å². The van der Waals surface area contributed by atoms with Crippen molar-refractivity contribution < 1.29 is 28.6 Å². The molecule has 5 rings (SSSR count). The molecular weight excluding hydrogens is 452 g/mol. The first-order chi connectivity index (χ1) is 16.9. The van der Waals surface area contributed by atoms with Gasteiger partial charge in [-0.25, -0.2) is 4.57 Å². The number of aromatic nitrogens is 2. The number of nitro groups is 1.